The van der Waals surface area contributed by atoms with Crippen LogP contribution in [-0.4, -0.2) is 4.40 Å². The molecule has 0 atom stereocenters. The van der Waals surface area contributed by atoms with E-state index >= 15 is 0 Å². The molecule has 0 spiro atoms. The van der Waals surface area contributed by atoms with Gasteiger partial charge in [0.05, 0.1) is 5.69 Å². The van der Waals surface area contributed by atoms with E-state index in [2.05, 4.69) is 0 Å². The van der Waals surface area contributed by atoms with Crippen LogP contribution in [0, 0.1) is 6.92 Å². The molecule has 3 nitrogen and oxygen atoms in total. The molecule has 0 aliphatic carbocycles. The van der Waals surface area contributed by atoms with Crippen LogP contribution in [0.4, 0.5) is 5.69 Å². The van der Waals surface area contributed by atoms with Crippen LogP contribution in [0.15, 0.2) is 35.3 Å². The lowest BCUT2D eigenvalue weighted by Crippen LogP contribution is -2.16. The van der Waals surface area contributed by atoms with Crippen molar-refractivity contribution in [3.05, 3.63) is 46.4 Å². The fourth-order valence-electron chi connectivity index (χ4n) is 1.32. The van der Waals surface area contributed by atoms with E-state index in [-0.39, 0.29) is 11.2 Å². The van der Waals surface area contributed by atoms with Crippen molar-refractivity contribution in [3.8, 4) is 0 Å². The molecule has 3 heteroatoms. The zero-order chi connectivity index (χ0) is 9.42. The van der Waals surface area contributed by atoms with E-state index in [1.165, 1.54) is 0 Å². The van der Waals surface area contributed by atoms with Gasteiger partial charge in [-0.2, -0.15) is 0 Å². The van der Waals surface area contributed by atoms with Gasteiger partial charge in [-0.15, -0.1) is 0 Å². The molecule has 0 aliphatic heterocycles. The van der Waals surface area contributed by atoms with Gasteiger partial charge in [0.1, 0.15) is 0 Å². The minimum absolute atomic E-state index is 0.152. The molecule has 2 heterocycles. The van der Waals surface area contributed by atoms with Gasteiger partial charge in [-0.3, -0.25) is 9.20 Å². The summed E-state index contributed by atoms with van der Waals surface area (Å²) in [5.41, 5.74) is 7.54. The number of fused-ring (bicyclic) bond motifs is 1. The van der Waals surface area contributed by atoms with Crippen LogP contribution in [0.1, 0.15) is 5.56 Å². The number of nitrogens with two attached hydrogens (primary N) is 1. The molecular formula is C10H10N2O. The van der Waals surface area contributed by atoms with Crippen molar-refractivity contribution in [1.82, 2.24) is 4.40 Å². The fourth-order valence-corrected chi connectivity index (χ4v) is 1.32. The van der Waals surface area contributed by atoms with Crippen LogP contribution in [-0.2, 0) is 0 Å². The summed E-state index contributed by atoms with van der Waals surface area (Å²) in [4.78, 5) is 11.5. The van der Waals surface area contributed by atoms with Crippen molar-refractivity contribution < 1.29 is 0 Å². The van der Waals surface area contributed by atoms with E-state index in [0.717, 1.165) is 11.1 Å². The molecular weight excluding hydrogens is 164 g/mol. The van der Waals surface area contributed by atoms with Gasteiger partial charge in [-0.1, -0.05) is 6.07 Å². The Balaban J connectivity index is 2.97. The lowest BCUT2D eigenvalue weighted by atomic mass is 10.2. The van der Waals surface area contributed by atoms with E-state index in [9.17, 15) is 4.79 Å². The zero-order valence-electron chi connectivity index (χ0n) is 7.32. The molecule has 2 aromatic heterocycles. The second-order valence-electron chi connectivity index (χ2n) is 3.10. The highest BCUT2D eigenvalue weighted by molar-refractivity contribution is 5.52. The first kappa shape index (κ1) is 7.86. The third-order valence-corrected chi connectivity index (χ3v) is 2.03. The number of nitrogen functional groups attached to an aromatic ring is 1. The highest BCUT2D eigenvalue weighted by Gasteiger charge is 1.98. The van der Waals surface area contributed by atoms with Crippen LogP contribution in [0.25, 0.3) is 5.52 Å². The standard InChI is InChI=1S/C10H10N2O/c1-7-2-3-8-4-5-9(11)10(13)12(8)6-7/h2-6H,11H2,1H3. The molecule has 0 aliphatic rings. The molecule has 2 rings (SSSR count). The summed E-state index contributed by atoms with van der Waals surface area (Å²) in [6, 6.07) is 7.32. The summed E-state index contributed by atoms with van der Waals surface area (Å²) in [5.74, 6) is 0. The second kappa shape index (κ2) is 2.62. The lowest BCUT2D eigenvalue weighted by Gasteiger charge is -2.02. The largest absolute Gasteiger partial charge is 0.394 e. The van der Waals surface area contributed by atoms with E-state index in [1.807, 2.05) is 25.1 Å². The summed E-state index contributed by atoms with van der Waals surface area (Å²) in [5, 5.41) is 0. The number of anilines is 1. The molecule has 13 heavy (non-hydrogen) atoms. The smallest absolute Gasteiger partial charge is 0.278 e. The Morgan fingerprint density at radius 1 is 1.23 bits per heavy atom. The third kappa shape index (κ3) is 1.18. The van der Waals surface area contributed by atoms with Crippen molar-refractivity contribution in [1.29, 1.82) is 0 Å². The predicted octanol–water partition coefficient (Wildman–Crippen LogP) is 1.19. The fraction of sp³-hybridized carbons (Fsp3) is 0.100. The van der Waals surface area contributed by atoms with Gasteiger partial charge in [0.2, 0.25) is 0 Å². The first-order valence-electron chi connectivity index (χ1n) is 4.06. The number of hydrogen-bond donors (Lipinski definition) is 1. The number of rotatable bonds is 0. The Labute approximate surface area is 75.4 Å². The Hall–Kier alpha value is -1.77. The van der Waals surface area contributed by atoms with Crippen LogP contribution >= 0.6 is 0 Å². The van der Waals surface area contributed by atoms with E-state index < -0.39 is 0 Å². The first-order valence-corrected chi connectivity index (χ1v) is 4.06. The second-order valence-corrected chi connectivity index (χ2v) is 3.10. The summed E-state index contributed by atoms with van der Waals surface area (Å²) >= 11 is 0. The molecule has 2 aromatic rings. The average Bonchev–Trinajstić information content (AvgIpc) is 2.12. The van der Waals surface area contributed by atoms with Gasteiger partial charge in [-0.05, 0) is 30.7 Å². The van der Waals surface area contributed by atoms with E-state index in [1.54, 1.807) is 16.7 Å². The summed E-state index contributed by atoms with van der Waals surface area (Å²) in [6.45, 7) is 1.94. The summed E-state index contributed by atoms with van der Waals surface area (Å²) in [6.07, 6.45) is 1.79. The molecule has 0 saturated heterocycles. The number of aryl methyl sites for hydroxylation is 1. The quantitative estimate of drug-likeness (QED) is 0.652. The lowest BCUT2D eigenvalue weighted by molar-refractivity contribution is 1.08. The van der Waals surface area contributed by atoms with Crippen molar-refractivity contribution >= 4 is 11.2 Å². The first-order chi connectivity index (χ1) is 6.18. The molecule has 2 N–H and O–H groups in total. The van der Waals surface area contributed by atoms with Gasteiger partial charge in [0.15, 0.2) is 0 Å². The normalized spacial score (nSPS) is 10.5. The highest BCUT2D eigenvalue weighted by atomic mass is 16.1. The maximum atomic E-state index is 11.5. The van der Waals surface area contributed by atoms with Crippen molar-refractivity contribution in [2.75, 3.05) is 5.73 Å². The number of nitrogens with zero attached hydrogens (tertiary/aromatic N) is 1. The SMILES string of the molecule is Cc1ccc2ccc(N)c(=O)n2c1. The van der Waals surface area contributed by atoms with Crippen molar-refractivity contribution in [3.63, 3.8) is 0 Å². The zero-order valence-corrected chi connectivity index (χ0v) is 7.32. The van der Waals surface area contributed by atoms with Crippen LogP contribution in [0.5, 0.6) is 0 Å². The topological polar surface area (TPSA) is 47.5 Å². The molecule has 0 unspecified atom stereocenters. The van der Waals surface area contributed by atoms with E-state index in [0.29, 0.717) is 0 Å². The molecule has 0 fully saturated rings. The summed E-state index contributed by atoms with van der Waals surface area (Å²) in [7, 11) is 0. The predicted molar refractivity (Wildman–Crippen MR) is 52.8 cm³/mol. The molecule has 0 amide bonds. The Morgan fingerprint density at radius 3 is 2.69 bits per heavy atom. The highest BCUT2D eigenvalue weighted by Crippen LogP contribution is 2.04. The minimum Gasteiger partial charge on any atom is -0.394 e. The summed E-state index contributed by atoms with van der Waals surface area (Å²) < 4.78 is 1.56. The third-order valence-electron chi connectivity index (χ3n) is 2.03. The molecule has 0 bridgehead atoms. The van der Waals surface area contributed by atoms with Gasteiger partial charge in [0, 0.05) is 11.7 Å². The van der Waals surface area contributed by atoms with Crippen molar-refractivity contribution in [2.24, 2.45) is 0 Å². The Kier molecular flexibility index (Phi) is 1.59. The molecule has 0 aromatic carbocycles. The number of hydrogen-bond acceptors (Lipinski definition) is 2. The van der Waals surface area contributed by atoms with Gasteiger partial charge in [-0.25, -0.2) is 0 Å². The Bertz CT molecular complexity index is 509. The molecule has 0 saturated carbocycles. The monoisotopic (exact) mass is 174 g/mol. The van der Waals surface area contributed by atoms with Crippen LogP contribution in [0.3, 0.4) is 0 Å². The number of pyridine rings is 2. The Morgan fingerprint density at radius 2 is 1.92 bits per heavy atom. The maximum Gasteiger partial charge on any atom is 0.278 e. The van der Waals surface area contributed by atoms with Gasteiger partial charge in [0.25, 0.3) is 5.56 Å². The van der Waals surface area contributed by atoms with Gasteiger partial charge < -0.3 is 5.73 Å². The van der Waals surface area contributed by atoms with E-state index in [4.69, 9.17) is 5.73 Å². The van der Waals surface area contributed by atoms with Crippen molar-refractivity contribution in [2.45, 2.75) is 6.92 Å². The molecule has 0 radical (unpaired) electrons. The minimum atomic E-state index is -0.152. The average molecular weight is 174 g/mol. The maximum absolute atomic E-state index is 11.5. The number of aromatic nitrogens is 1. The molecule has 66 valence electrons. The van der Waals surface area contributed by atoms with Gasteiger partial charge >= 0.3 is 0 Å². The van der Waals surface area contributed by atoms with Crippen LogP contribution in [0.2, 0.25) is 0 Å². The van der Waals surface area contributed by atoms with Crippen LogP contribution < -0.4 is 11.3 Å².